The standard InChI is InChI=1S/C18H26N2O3/c1-2-9-22-16-5-7-17(8-6-16)23-12-18(21)20-15-10-13-3-4-14(11-15)19-13/h5-8,13-15,19H,2-4,9-12H2,1H3,(H,20,21). The molecule has 0 spiro atoms. The van der Waals surface area contributed by atoms with Crippen molar-refractivity contribution in [3.05, 3.63) is 24.3 Å². The number of carbonyl (C=O) groups is 1. The van der Waals surface area contributed by atoms with Crippen LogP contribution in [0.3, 0.4) is 0 Å². The van der Waals surface area contributed by atoms with E-state index in [1.807, 2.05) is 24.3 Å². The maximum absolute atomic E-state index is 12.0. The summed E-state index contributed by atoms with van der Waals surface area (Å²) in [6.45, 7) is 2.85. The second-order valence-electron chi connectivity index (χ2n) is 6.48. The van der Waals surface area contributed by atoms with Gasteiger partial charge in [-0.05, 0) is 56.4 Å². The zero-order valence-electron chi connectivity index (χ0n) is 13.7. The SMILES string of the molecule is CCCOc1ccc(OCC(=O)NC2CC3CCC(C2)N3)cc1. The Bertz CT molecular complexity index is 506. The van der Waals surface area contributed by atoms with E-state index in [4.69, 9.17) is 9.47 Å². The van der Waals surface area contributed by atoms with E-state index in [2.05, 4.69) is 17.6 Å². The van der Waals surface area contributed by atoms with Crippen molar-refractivity contribution in [2.75, 3.05) is 13.2 Å². The lowest BCUT2D eigenvalue weighted by atomic mass is 10.00. The van der Waals surface area contributed by atoms with Crippen LogP contribution < -0.4 is 20.1 Å². The van der Waals surface area contributed by atoms with Crippen molar-refractivity contribution >= 4 is 5.91 Å². The minimum Gasteiger partial charge on any atom is -0.494 e. The van der Waals surface area contributed by atoms with E-state index in [9.17, 15) is 4.79 Å². The summed E-state index contributed by atoms with van der Waals surface area (Å²) in [5, 5.41) is 6.68. The van der Waals surface area contributed by atoms with Crippen molar-refractivity contribution in [3.63, 3.8) is 0 Å². The third-order valence-corrected chi connectivity index (χ3v) is 4.50. The molecule has 2 N–H and O–H groups in total. The lowest BCUT2D eigenvalue weighted by Gasteiger charge is -2.29. The van der Waals surface area contributed by atoms with Gasteiger partial charge in [-0.3, -0.25) is 4.79 Å². The summed E-state index contributed by atoms with van der Waals surface area (Å²) >= 11 is 0. The summed E-state index contributed by atoms with van der Waals surface area (Å²) in [4.78, 5) is 12.0. The Kier molecular flexibility index (Phi) is 5.39. The highest BCUT2D eigenvalue weighted by Crippen LogP contribution is 2.26. The van der Waals surface area contributed by atoms with Crippen LogP contribution in [-0.2, 0) is 4.79 Å². The molecule has 2 saturated heterocycles. The van der Waals surface area contributed by atoms with Gasteiger partial charge in [-0.1, -0.05) is 6.92 Å². The average molecular weight is 318 g/mol. The Morgan fingerprint density at radius 3 is 2.35 bits per heavy atom. The van der Waals surface area contributed by atoms with E-state index in [0.717, 1.165) is 25.0 Å². The molecule has 3 rings (SSSR count). The fraction of sp³-hybridized carbons (Fsp3) is 0.611. The molecule has 2 atom stereocenters. The van der Waals surface area contributed by atoms with Crippen LogP contribution in [0.25, 0.3) is 0 Å². The van der Waals surface area contributed by atoms with E-state index < -0.39 is 0 Å². The Balaban J connectivity index is 1.40. The molecular weight excluding hydrogens is 292 g/mol. The number of fused-ring (bicyclic) bond motifs is 2. The predicted octanol–water partition coefficient (Wildman–Crippen LogP) is 2.25. The Labute approximate surface area is 137 Å². The highest BCUT2D eigenvalue weighted by atomic mass is 16.5. The van der Waals surface area contributed by atoms with Crippen LogP contribution in [0.1, 0.15) is 39.0 Å². The lowest BCUT2D eigenvalue weighted by Crippen LogP contribution is -2.48. The molecule has 2 bridgehead atoms. The molecule has 0 radical (unpaired) electrons. The summed E-state index contributed by atoms with van der Waals surface area (Å²) in [7, 11) is 0. The van der Waals surface area contributed by atoms with E-state index in [0.29, 0.717) is 24.4 Å². The summed E-state index contributed by atoms with van der Waals surface area (Å²) in [5.74, 6) is 1.48. The van der Waals surface area contributed by atoms with Crippen molar-refractivity contribution in [1.29, 1.82) is 0 Å². The molecule has 2 heterocycles. The fourth-order valence-corrected chi connectivity index (χ4v) is 3.45. The van der Waals surface area contributed by atoms with Gasteiger partial charge >= 0.3 is 0 Å². The molecule has 1 amide bonds. The van der Waals surface area contributed by atoms with Crippen molar-refractivity contribution in [1.82, 2.24) is 10.6 Å². The zero-order chi connectivity index (χ0) is 16.1. The van der Waals surface area contributed by atoms with Gasteiger partial charge in [0.2, 0.25) is 0 Å². The highest BCUT2D eigenvalue weighted by molar-refractivity contribution is 5.77. The Morgan fingerprint density at radius 2 is 1.74 bits per heavy atom. The van der Waals surface area contributed by atoms with Crippen molar-refractivity contribution in [2.45, 2.75) is 57.2 Å². The smallest absolute Gasteiger partial charge is 0.258 e. The monoisotopic (exact) mass is 318 g/mol. The normalized spacial score (nSPS) is 25.9. The maximum atomic E-state index is 12.0. The van der Waals surface area contributed by atoms with E-state index >= 15 is 0 Å². The average Bonchev–Trinajstić information content (AvgIpc) is 2.90. The molecule has 2 aliphatic rings. The van der Waals surface area contributed by atoms with Crippen molar-refractivity contribution in [2.24, 2.45) is 0 Å². The number of hydrogen-bond donors (Lipinski definition) is 2. The quantitative estimate of drug-likeness (QED) is 0.809. The maximum Gasteiger partial charge on any atom is 0.258 e. The number of ether oxygens (including phenoxy) is 2. The molecule has 126 valence electrons. The van der Waals surface area contributed by atoms with Gasteiger partial charge in [0.15, 0.2) is 6.61 Å². The van der Waals surface area contributed by atoms with Crippen LogP contribution in [0, 0.1) is 0 Å². The van der Waals surface area contributed by atoms with Crippen LogP contribution in [0.15, 0.2) is 24.3 Å². The molecule has 1 aromatic rings. The molecular formula is C18H26N2O3. The second-order valence-corrected chi connectivity index (χ2v) is 6.48. The van der Waals surface area contributed by atoms with Crippen LogP contribution in [0.2, 0.25) is 0 Å². The van der Waals surface area contributed by atoms with E-state index in [1.54, 1.807) is 0 Å². The first-order valence-corrected chi connectivity index (χ1v) is 8.64. The molecule has 5 nitrogen and oxygen atoms in total. The first kappa shape index (κ1) is 16.1. The van der Waals surface area contributed by atoms with Crippen LogP contribution >= 0.6 is 0 Å². The third-order valence-electron chi connectivity index (χ3n) is 4.50. The molecule has 0 aliphatic carbocycles. The number of rotatable bonds is 7. The van der Waals surface area contributed by atoms with Gasteiger partial charge in [0.1, 0.15) is 11.5 Å². The van der Waals surface area contributed by atoms with Gasteiger partial charge in [-0.2, -0.15) is 0 Å². The Hall–Kier alpha value is -1.75. The molecule has 5 heteroatoms. The van der Waals surface area contributed by atoms with Gasteiger partial charge in [0.25, 0.3) is 5.91 Å². The molecule has 23 heavy (non-hydrogen) atoms. The predicted molar refractivity (Wildman–Crippen MR) is 88.8 cm³/mol. The van der Waals surface area contributed by atoms with Crippen molar-refractivity contribution in [3.8, 4) is 11.5 Å². The number of benzene rings is 1. The zero-order valence-corrected chi connectivity index (χ0v) is 13.7. The summed E-state index contributed by atoms with van der Waals surface area (Å²) in [6, 6.07) is 8.85. The minimum absolute atomic E-state index is 0.0393. The molecule has 1 aromatic carbocycles. The molecule has 2 fully saturated rings. The number of piperidine rings is 1. The summed E-state index contributed by atoms with van der Waals surface area (Å²) < 4.78 is 11.1. The first-order chi connectivity index (χ1) is 11.2. The third kappa shape index (κ3) is 4.61. The second kappa shape index (κ2) is 7.68. The lowest BCUT2D eigenvalue weighted by molar-refractivity contribution is -0.124. The number of carbonyl (C=O) groups excluding carboxylic acids is 1. The molecule has 0 saturated carbocycles. The van der Waals surface area contributed by atoms with Crippen LogP contribution in [0.5, 0.6) is 11.5 Å². The van der Waals surface area contributed by atoms with Crippen LogP contribution in [-0.4, -0.2) is 37.2 Å². The summed E-state index contributed by atoms with van der Waals surface area (Å²) in [5.41, 5.74) is 0. The number of hydrogen-bond acceptors (Lipinski definition) is 4. The van der Waals surface area contributed by atoms with Gasteiger partial charge < -0.3 is 20.1 Å². The van der Waals surface area contributed by atoms with Gasteiger partial charge in [0.05, 0.1) is 6.61 Å². The van der Waals surface area contributed by atoms with Crippen LogP contribution in [0.4, 0.5) is 0 Å². The van der Waals surface area contributed by atoms with E-state index in [-0.39, 0.29) is 18.6 Å². The summed E-state index contributed by atoms with van der Waals surface area (Å²) in [6.07, 6.45) is 5.52. The van der Waals surface area contributed by atoms with Crippen molar-refractivity contribution < 1.29 is 14.3 Å². The molecule has 2 unspecified atom stereocenters. The minimum atomic E-state index is -0.0393. The number of amides is 1. The fourth-order valence-electron chi connectivity index (χ4n) is 3.45. The van der Waals surface area contributed by atoms with E-state index in [1.165, 1.54) is 12.8 Å². The number of nitrogens with one attached hydrogen (secondary N) is 2. The Morgan fingerprint density at radius 1 is 1.13 bits per heavy atom. The first-order valence-electron chi connectivity index (χ1n) is 8.64. The van der Waals surface area contributed by atoms with Gasteiger partial charge in [-0.15, -0.1) is 0 Å². The van der Waals surface area contributed by atoms with Gasteiger partial charge in [-0.25, -0.2) is 0 Å². The van der Waals surface area contributed by atoms with Gasteiger partial charge in [0, 0.05) is 18.1 Å². The topological polar surface area (TPSA) is 59.6 Å². The molecule has 2 aliphatic heterocycles. The highest BCUT2D eigenvalue weighted by Gasteiger charge is 2.33. The molecule has 0 aromatic heterocycles. The largest absolute Gasteiger partial charge is 0.494 e.